The van der Waals surface area contributed by atoms with Gasteiger partial charge in [0.2, 0.25) is 0 Å². The molecule has 0 bridgehead atoms. The zero-order valence-corrected chi connectivity index (χ0v) is 9.21. The molecule has 0 amide bonds. The van der Waals surface area contributed by atoms with E-state index in [4.69, 9.17) is 4.98 Å². The zero-order valence-electron chi connectivity index (χ0n) is 9.21. The molecule has 1 aromatic rings. The standard InChI is InChI=1S/C12H20N2/c1-3-5-9(4-2)11-8-13-12(14-11)10-6-7-10/h8-10H,3-7H2,1-2H3,(H,13,14). The fourth-order valence-corrected chi connectivity index (χ4v) is 2.04. The topological polar surface area (TPSA) is 28.7 Å². The molecular formula is C12H20N2. The molecule has 0 saturated heterocycles. The number of imidazole rings is 1. The minimum Gasteiger partial charge on any atom is -0.348 e. The van der Waals surface area contributed by atoms with Crippen molar-refractivity contribution in [2.45, 2.75) is 57.8 Å². The fraction of sp³-hybridized carbons (Fsp3) is 0.750. The molecule has 1 aliphatic rings. The summed E-state index contributed by atoms with van der Waals surface area (Å²) in [7, 11) is 0. The molecule has 2 heteroatoms. The van der Waals surface area contributed by atoms with Crippen molar-refractivity contribution >= 4 is 0 Å². The second-order valence-corrected chi connectivity index (χ2v) is 4.38. The highest BCUT2D eigenvalue weighted by molar-refractivity contribution is 5.13. The Labute approximate surface area is 86.1 Å². The Bertz CT molecular complexity index is 286. The van der Waals surface area contributed by atoms with Crippen LogP contribution in [0.25, 0.3) is 0 Å². The van der Waals surface area contributed by atoms with E-state index in [1.165, 1.54) is 43.6 Å². The minimum atomic E-state index is 0.670. The predicted octanol–water partition coefficient (Wildman–Crippen LogP) is 3.58. The first-order valence-corrected chi connectivity index (χ1v) is 5.90. The summed E-state index contributed by atoms with van der Waals surface area (Å²) in [6, 6.07) is 0. The summed E-state index contributed by atoms with van der Waals surface area (Å²) >= 11 is 0. The molecule has 78 valence electrons. The van der Waals surface area contributed by atoms with Gasteiger partial charge < -0.3 is 4.98 Å². The molecule has 14 heavy (non-hydrogen) atoms. The van der Waals surface area contributed by atoms with Gasteiger partial charge in [-0.3, -0.25) is 0 Å². The molecule has 1 heterocycles. The number of H-pyrrole nitrogens is 1. The van der Waals surface area contributed by atoms with Crippen LogP contribution in [0.4, 0.5) is 0 Å². The van der Waals surface area contributed by atoms with E-state index < -0.39 is 0 Å². The average molecular weight is 192 g/mol. The van der Waals surface area contributed by atoms with Crippen molar-refractivity contribution in [2.75, 3.05) is 0 Å². The summed E-state index contributed by atoms with van der Waals surface area (Å²) in [5, 5.41) is 0. The summed E-state index contributed by atoms with van der Waals surface area (Å²) in [6.45, 7) is 4.50. The molecule has 0 spiro atoms. The lowest BCUT2D eigenvalue weighted by molar-refractivity contribution is 0.582. The minimum absolute atomic E-state index is 0.670. The van der Waals surface area contributed by atoms with E-state index in [0.717, 1.165) is 5.92 Å². The fourth-order valence-electron chi connectivity index (χ4n) is 2.04. The average Bonchev–Trinajstić information content (AvgIpc) is 2.94. The van der Waals surface area contributed by atoms with E-state index >= 15 is 0 Å². The first-order chi connectivity index (χ1) is 6.85. The number of nitrogens with zero attached hydrogens (tertiary/aromatic N) is 1. The molecular weight excluding hydrogens is 172 g/mol. The quantitative estimate of drug-likeness (QED) is 0.759. The van der Waals surface area contributed by atoms with Crippen molar-refractivity contribution in [3.8, 4) is 0 Å². The van der Waals surface area contributed by atoms with E-state index in [2.05, 4.69) is 25.0 Å². The van der Waals surface area contributed by atoms with Gasteiger partial charge in [0.05, 0.1) is 5.69 Å². The Hall–Kier alpha value is -0.790. The van der Waals surface area contributed by atoms with Crippen LogP contribution < -0.4 is 0 Å². The van der Waals surface area contributed by atoms with Gasteiger partial charge in [0, 0.05) is 18.0 Å². The van der Waals surface area contributed by atoms with Crippen LogP contribution in [0, 0.1) is 0 Å². The molecule has 1 unspecified atom stereocenters. The molecule has 0 aliphatic heterocycles. The van der Waals surface area contributed by atoms with Crippen molar-refractivity contribution in [1.82, 2.24) is 9.97 Å². The Morgan fingerprint density at radius 3 is 2.86 bits per heavy atom. The van der Waals surface area contributed by atoms with Crippen molar-refractivity contribution in [2.24, 2.45) is 0 Å². The van der Waals surface area contributed by atoms with E-state index in [1.54, 1.807) is 0 Å². The van der Waals surface area contributed by atoms with Crippen LogP contribution in [0.1, 0.15) is 69.3 Å². The Kier molecular flexibility index (Phi) is 2.90. The maximum absolute atomic E-state index is 4.71. The van der Waals surface area contributed by atoms with Gasteiger partial charge in [-0.05, 0) is 25.7 Å². The number of aromatic amines is 1. The highest BCUT2D eigenvalue weighted by Crippen LogP contribution is 2.38. The Balaban J connectivity index is 2.05. The smallest absolute Gasteiger partial charge is 0.109 e. The molecule has 1 N–H and O–H groups in total. The summed E-state index contributed by atoms with van der Waals surface area (Å²) in [6.07, 6.45) is 8.52. The zero-order chi connectivity index (χ0) is 9.97. The largest absolute Gasteiger partial charge is 0.348 e. The normalized spacial score (nSPS) is 18.4. The molecule has 0 aromatic carbocycles. The summed E-state index contributed by atoms with van der Waals surface area (Å²) in [5.74, 6) is 2.65. The van der Waals surface area contributed by atoms with Gasteiger partial charge in [-0.15, -0.1) is 0 Å². The van der Waals surface area contributed by atoms with Crippen LogP contribution in [0.15, 0.2) is 6.20 Å². The molecule has 0 radical (unpaired) electrons. The SMILES string of the molecule is CCCC(CC)c1c[nH]c(C2CC2)n1. The Morgan fingerprint density at radius 2 is 2.29 bits per heavy atom. The van der Waals surface area contributed by atoms with Gasteiger partial charge in [-0.1, -0.05) is 20.3 Å². The van der Waals surface area contributed by atoms with E-state index in [1.807, 2.05) is 0 Å². The van der Waals surface area contributed by atoms with Gasteiger partial charge in [-0.25, -0.2) is 4.98 Å². The van der Waals surface area contributed by atoms with Gasteiger partial charge in [0.25, 0.3) is 0 Å². The van der Waals surface area contributed by atoms with Gasteiger partial charge in [0.15, 0.2) is 0 Å². The van der Waals surface area contributed by atoms with Crippen LogP contribution in [0.2, 0.25) is 0 Å². The summed E-state index contributed by atoms with van der Waals surface area (Å²) in [5.41, 5.74) is 1.29. The maximum atomic E-state index is 4.71. The summed E-state index contributed by atoms with van der Waals surface area (Å²) < 4.78 is 0. The summed E-state index contributed by atoms with van der Waals surface area (Å²) in [4.78, 5) is 8.04. The van der Waals surface area contributed by atoms with Gasteiger partial charge in [0.1, 0.15) is 5.82 Å². The third kappa shape index (κ3) is 1.99. The van der Waals surface area contributed by atoms with Crippen LogP contribution in [0.3, 0.4) is 0 Å². The first kappa shape index (κ1) is 9.75. The highest BCUT2D eigenvalue weighted by Gasteiger charge is 2.27. The number of rotatable bonds is 5. The molecule has 2 nitrogen and oxygen atoms in total. The van der Waals surface area contributed by atoms with E-state index in [9.17, 15) is 0 Å². The van der Waals surface area contributed by atoms with Crippen LogP contribution in [0.5, 0.6) is 0 Å². The van der Waals surface area contributed by atoms with Crippen LogP contribution in [-0.2, 0) is 0 Å². The predicted molar refractivity (Wildman–Crippen MR) is 58.5 cm³/mol. The second-order valence-electron chi connectivity index (χ2n) is 4.38. The second kappa shape index (κ2) is 4.16. The Morgan fingerprint density at radius 1 is 1.50 bits per heavy atom. The monoisotopic (exact) mass is 192 g/mol. The lowest BCUT2D eigenvalue weighted by Crippen LogP contribution is -1.97. The molecule has 1 atom stereocenters. The van der Waals surface area contributed by atoms with Crippen LogP contribution in [-0.4, -0.2) is 9.97 Å². The van der Waals surface area contributed by atoms with Crippen molar-refractivity contribution < 1.29 is 0 Å². The molecule has 2 rings (SSSR count). The van der Waals surface area contributed by atoms with Gasteiger partial charge in [-0.2, -0.15) is 0 Å². The lowest BCUT2D eigenvalue weighted by atomic mass is 9.98. The van der Waals surface area contributed by atoms with Crippen LogP contribution >= 0.6 is 0 Å². The molecule has 1 aromatic heterocycles. The molecule has 1 fully saturated rings. The number of hydrogen-bond donors (Lipinski definition) is 1. The van der Waals surface area contributed by atoms with Crippen molar-refractivity contribution in [3.63, 3.8) is 0 Å². The number of aromatic nitrogens is 2. The maximum Gasteiger partial charge on any atom is 0.109 e. The third-order valence-corrected chi connectivity index (χ3v) is 3.13. The first-order valence-electron chi connectivity index (χ1n) is 5.90. The number of nitrogens with one attached hydrogen (secondary N) is 1. The molecule has 1 saturated carbocycles. The number of hydrogen-bond acceptors (Lipinski definition) is 1. The van der Waals surface area contributed by atoms with E-state index in [-0.39, 0.29) is 0 Å². The highest BCUT2D eigenvalue weighted by atomic mass is 14.9. The van der Waals surface area contributed by atoms with Crippen molar-refractivity contribution in [3.05, 3.63) is 17.7 Å². The third-order valence-electron chi connectivity index (χ3n) is 3.13. The van der Waals surface area contributed by atoms with Crippen molar-refractivity contribution in [1.29, 1.82) is 0 Å². The molecule has 1 aliphatic carbocycles. The van der Waals surface area contributed by atoms with E-state index in [0.29, 0.717) is 5.92 Å². The van der Waals surface area contributed by atoms with Gasteiger partial charge >= 0.3 is 0 Å². The lowest BCUT2D eigenvalue weighted by Gasteiger charge is -2.09.